The standard InChI is InChI=1S/C17H20O3/c1-19-15-9-8-12-5-2-3-7-14(12)16(15)17(18)13-6-4-10-20-11-13/h2-3,5,7-9,13,17-18H,4,6,10-11H2,1H3. The summed E-state index contributed by atoms with van der Waals surface area (Å²) in [6.07, 6.45) is 1.46. The summed E-state index contributed by atoms with van der Waals surface area (Å²) in [5.74, 6) is 0.894. The number of ether oxygens (including phenoxy) is 2. The lowest BCUT2D eigenvalue weighted by molar-refractivity contribution is -0.0101. The molecule has 3 heteroatoms. The van der Waals surface area contributed by atoms with Crippen molar-refractivity contribution in [1.82, 2.24) is 0 Å². The minimum Gasteiger partial charge on any atom is -0.496 e. The van der Waals surface area contributed by atoms with E-state index in [1.54, 1.807) is 7.11 Å². The third-order valence-corrected chi connectivity index (χ3v) is 4.09. The summed E-state index contributed by atoms with van der Waals surface area (Å²) in [5.41, 5.74) is 0.890. The predicted octanol–water partition coefficient (Wildman–Crippen LogP) is 3.31. The summed E-state index contributed by atoms with van der Waals surface area (Å²) >= 11 is 0. The molecule has 0 radical (unpaired) electrons. The molecule has 2 aromatic carbocycles. The first-order valence-electron chi connectivity index (χ1n) is 7.12. The fourth-order valence-corrected chi connectivity index (χ4v) is 3.01. The van der Waals surface area contributed by atoms with E-state index in [0.717, 1.165) is 41.5 Å². The van der Waals surface area contributed by atoms with Crippen molar-refractivity contribution in [2.45, 2.75) is 18.9 Å². The molecule has 3 nitrogen and oxygen atoms in total. The highest BCUT2D eigenvalue weighted by Gasteiger charge is 2.27. The highest BCUT2D eigenvalue weighted by molar-refractivity contribution is 5.88. The van der Waals surface area contributed by atoms with Gasteiger partial charge in [-0.25, -0.2) is 0 Å². The predicted molar refractivity (Wildman–Crippen MR) is 79.0 cm³/mol. The van der Waals surface area contributed by atoms with Crippen LogP contribution in [0.1, 0.15) is 24.5 Å². The van der Waals surface area contributed by atoms with Gasteiger partial charge in [0.1, 0.15) is 5.75 Å². The van der Waals surface area contributed by atoms with Crippen LogP contribution in [-0.2, 0) is 4.74 Å². The Kier molecular flexibility index (Phi) is 3.90. The Morgan fingerprint density at radius 2 is 2.10 bits per heavy atom. The molecule has 1 aliphatic rings. The molecule has 1 N–H and O–H groups in total. The van der Waals surface area contributed by atoms with Crippen LogP contribution in [0.3, 0.4) is 0 Å². The maximum Gasteiger partial charge on any atom is 0.125 e. The van der Waals surface area contributed by atoms with Gasteiger partial charge in [-0.15, -0.1) is 0 Å². The Morgan fingerprint density at radius 3 is 2.85 bits per heavy atom. The van der Waals surface area contributed by atoms with Gasteiger partial charge in [0, 0.05) is 18.1 Å². The van der Waals surface area contributed by atoms with Crippen molar-refractivity contribution in [3.8, 4) is 5.75 Å². The van der Waals surface area contributed by atoms with E-state index >= 15 is 0 Å². The van der Waals surface area contributed by atoms with Gasteiger partial charge in [0.15, 0.2) is 0 Å². The Balaban J connectivity index is 2.07. The molecule has 0 spiro atoms. The number of methoxy groups -OCH3 is 1. The van der Waals surface area contributed by atoms with Gasteiger partial charge in [0.05, 0.1) is 19.8 Å². The molecule has 106 valence electrons. The third-order valence-electron chi connectivity index (χ3n) is 4.09. The lowest BCUT2D eigenvalue weighted by atomic mass is 9.88. The van der Waals surface area contributed by atoms with Gasteiger partial charge in [-0.3, -0.25) is 0 Å². The summed E-state index contributed by atoms with van der Waals surface area (Å²) in [6, 6.07) is 12.1. The second-order valence-electron chi connectivity index (χ2n) is 5.32. The SMILES string of the molecule is COc1ccc2ccccc2c1C(O)C1CCCOC1. The number of hydrogen-bond acceptors (Lipinski definition) is 3. The van der Waals surface area contributed by atoms with E-state index in [2.05, 4.69) is 6.07 Å². The molecular formula is C17H20O3. The van der Waals surface area contributed by atoms with Crippen molar-refractivity contribution in [2.24, 2.45) is 5.92 Å². The van der Waals surface area contributed by atoms with Gasteiger partial charge in [-0.2, -0.15) is 0 Å². The van der Waals surface area contributed by atoms with Crippen molar-refractivity contribution in [3.63, 3.8) is 0 Å². The van der Waals surface area contributed by atoms with Crippen molar-refractivity contribution < 1.29 is 14.6 Å². The maximum atomic E-state index is 10.8. The molecule has 1 aliphatic heterocycles. The van der Waals surface area contributed by atoms with E-state index in [4.69, 9.17) is 9.47 Å². The zero-order valence-electron chi connectivity index (χ0n) is 11.7. The third kappa shape index (κ3) is 2.39. The van der Waals surface area contributed by atoms with Gasteiger partial charge in [-0.1, -0.05) is 30.3 Å². The van der Waals surface area contributed by atoms with Crippen molar-refractivity contribution in [3.05, 3.63) is 42.0 Å². The largest absolute Gasteiger partial charge is 0.496 e. The summed E-state index contributed by atoms with van der Waals surface area (Å²) in [4.78, 5) is 0. The summed E-state index contributed by atoms with van der Waals surface area (Å²) in [7, 11) is 1.65. The fourth-order valence-electron chi connectivity index (χ4n) is 3.01. The number of benzene rings is 2. The number of hydrogen-bond donors (Lipinski definition) is 1. The molecule has 0 aromatic heterocycles. The van der Waals surface area contributed by atoms with Crippen LogP contribution < -0.4 is 4.74 Å². The molecule has 0 bridgehead atoms. The second-order valence-corrected chi connectivity index (χ2v) is 5.32. The van der Waals surface area contributed by atoms with Crippen LogP contribution in [-0.4, -0.2) is 25.4 Å². The van der Waals surface area contributed by atoms with E-state index in [1.165, 1.54) is 0 Å². The van der Waals surface area contributed by atoms with E-state index in [1.807, 2.05) is 30.3 Å². The van der Waals surface area contributed by atoms with Gasteiger partial charge in [-0.05, 0) is 29.7 Å². The average molecular weight is 272 g/mol. The lowest BCUT2D eigenvalue weighted by Crippen LogP contribution is -2.24. The number of fused-ring (bicyclic) bond motifs is 1. The smallest absolute Gasteiger partial charge is 0.125 e. The van der Waals surface area contributed by atoms with Crippen molar-refractivity contribution >= 4 is 10.8 Å². The maximum absolute atomic E-state index is 10.8. The topological polar surface area (TPSA) is 38.7 Å². The van der Waals surface area contributed by atoms with Crippen molar-refractivity contribution in [1.29, 1.82) is 0 Å². The van der Waals surface area contributed by atoms with Crippen LogP contribution in [0.15, 0.2) is 36.4 Å². The molecule has 2 atom stereocenters. The summed E-state index contributed by atoms with van der Waals surface area (Å²) in [6.45, 7) is 1.42. The molecule has 1 fully saturated rings. The summed E-state index contributed by atoms with van der Waals surface area (Å²) in [5, 5.41) is 13.0. The molecule has 3 rings (SSSR count). The van der Waals surface area contributed by atoms with E-state index < -0.39 is 6.10 Å². The molecule has 1 heterocycles. The zero-order chi connectivity index (χ0) is 13.9. The normalized spacial score (nSPS) is 20.8. The molecule has 2 aromatic rings. The molecular weight excluding hydrogens is 252 g/mol. The van der Waals surface area contributed by atoms with E-state index in [-0.39, 0.29) is 5.92 Å². The summed E-state index contributed by atoms with van der Waals surface area (Å²) < 4.78 is 11.0. The van der Waals surface area contributed by atoms with Crippen LogP contribution >= 0.6 is 0 Å². The number of rotatable bonds is 3. The van der Waals surface area contributed by atoms with Crippen LogP contribution in [0.25, 0.3) is 10.8 Å². The van der Waals surface area contributed by atoms with Crippen LogP contribution in [0, 0.1) is 5.92 Å². The Morgan fingerprint density at radius 1 is 1.25 bits per heavy atom. The lowest BCUT2D eigenvalue weighted by Gasteiger charge is -2.28. The van der Waals surface area contributed by atoms with Crippen LogP contribution in [0.5, 0.6) is 5.75 Å². The Bertz CT molecular complexity index is 588. The van der Waals surface area contributed by atoms with Crippen LogP contribution in [0.4, 0.5) is 0 Å². The molecule has 0 saturated carbocycles. The second kappa shape index (κ2) is 5.81. The Labute approximate surface area is 119 Å². The molecule has 0 amide bonds. The minimum atomic E-state index is -0.545. The van der Waals surface area contributed by atoms with Gasteiger partial charge in [0.25, 0.3) is 0 Å². The average Bonchev–Trinajstić information content (AvgIpc) is 2.54. The van der Waals surface area contributed by atoms with Gasteiger partial charge < -0.3 is 14.6 Å². The highest BCUT2D eigenvalue weighted by atomic mass is 16.5. The first-order chi connectivity index (χ1) is 9.81. The highest BCUT2D eigenvalue weighted by Crippen LogP contribution is 2.38. The molecule has 0 aliphatic carbocycles. The molecule has 2 unspecified atom stereocenters. The number of aliphatic hydroxyl groups is 1. The molecule has 20 heavy (non-hydrogen) atoms. The Hall–Kier alpha value is -1.58. The quantitative estimate of drug-likeness (QED) is 0.931. The zero-order valence-corrected chi connectivity index (χ0v) is 11.7. The van der Waals surface area contributed by atoms with Gasteiger partial charge in [0.2, 0.25) is 0 Å². The van der Waals surface area contributed by atoms with E-state index in [0.29, 0.717) is 6.61 Å². The first-order valence-corrected chi connectivity index (χ1v) is 7.12. The van der Waals surface area contributed by atoms with Crippen molar-refractivity contribution in [2.75, 3.05) is 20.3 Å². The van der Waals surface area contributed by atoms with E-state index in [9.17, 15) is 5.11 Å². The van der Waals surface area contributed by atoms with Gasteiger partial charge >= 0.3 is 0 Å². The first kappa shape index (κ1) is 13.4. The monoisotopic (exact) mass is 272 g/mol. The minimum absolute atomic E-state index is 0.142. The molecule has 1 saturated heterocycles. The number of aliphatic hydroxyl groups excluding tert-OH is 1. The van der Waals surface area contributed by atoms with Crippen LogP contribution in [0.2, 0.25) is 0 Å². The fraction of sp³-hybridized carbons (Fsp3) is 0.412.